The van der Waals surface area contributed by atoms with Crippen LogP contribution in [0.4, 0.5) is 24.7 Å². The fraction of sp³-hybridized carbons (Fsp3) is 0.312. The second-order valence-electron chi connectivity index (χ2n) is 11.3. The molecule has 0 bridgehead atoms. The molecule has 1 atom stereocenters. The van der Waals surface area contributed by atoms with Crippen LogP contribution < -0.4 is 21.1 Å². The van der Waals surface area contributed by atoms with Gasteiger partial charge in [-0.25, -0.2) is 9.97 Å². The summed E-state index contributed by atoms with van der Waals surface area (Å²) in [5.74, 6) is 0.402. The van der Waals surface area contributed by atoms with Crippen molar-refractivity contribution in [3.63, 3.8) is 0 Å². The Morgan fingerprint density at radius 3 is 2.61 bits per heavy atom. The molecule has 1 saturated carbocycles. The van der Waals surface area contributed by atoms with Crippen LogP contribution in [0.25, 0.3) is 10.8 Å². The van der Waals surface area contributed by atoms with Gasteiger partial charge in [0.15, 0.2) is 0 Å². The van der Waals surface area contributed by atoms with Crippen molar-refractivity contribution in [3.8, 4) is 11.6 Å². The zero-order valence-corrected chi connectivity index (χ0v) is 23.7. The molecular weight excluding hydrogens is 573 g/mol. The van der Waals surface area contributed by atoms with E-state index >= 15 is 0 Å². The summed E-state index contributed by atoms with van der Waals surface area (Å²) in [5.41, 5.74) is 5.71. The highest BCUT2D eigenvalue weighted by Crippen LogP contribution is 2.35. The van der Waals surface area contributed by atoms with E-state index in [1.807, 2.05) is 4.90 Å². The van der Waals surface area contributed by atoms with Crippen molar-refractivity contribution in [1.29, 1.82) is 0 Å². The number of hydrogen-bond acceptors (Lipinski definition) is 7. The van der Waals surface area contributed by atoms with E-state index in [1.54, 1.807) is 36.4 Å². The topological polar surface area (TPSA) is 122 Å². The van der Waals surface area contributed by atoms with E-state index in [4.69, 9.17) is 10.5 Å². The number of alkyl halides is 3. The molecule has 44 heavy (non-hydrogen) atoms. The number of piperidine rings is 1. The summed E-state index contributed by atoms with van der Waals surface area (Å²) in [7, 11) is 0. The molecule has 1 unspecified atom stereocenters. The minimum Gasteiger partial charge on any atom is -0.439 e. The van der Waals surface area contributed by atoms with Crippen LogP contribution in [0.1, 0.15) is 47.2 Å². The molecule has 2 amide bonds. The van der Waals surface area contributed by atoms with Gasteiger partial charge in [-0.15, -0.1) is 0 Å². The third-order valence-electron chi connectivity index (χ3n) is 7.77. The number of aromatic nitrogens is 2. The first-order chi connectivity index (χ1) is 21.1. The SMILES string of the molecule is NC1CCCN(Cc2ccc(NC(=O)c3cccc4cc(Oc5cc(NC(=O)C6CC6)ncn5)ccc34)cc2C(F)(F)F)C1. The monoisotopic (exact) mass is 604 g/mol. The lowest BCUT2D eigenvalue weighted by Gasteiger charge is -2.31. The Hall–Kier alpha value is -4.55. The van der Waals surface area contributed by atoms with E-state index in [-0.39, 0.29) is 41.5 Å². The molecule has 1 aromatic heterocycles. The van der Waals surface area contributed by atoms with Gasteiger partial charge in [-0.3, -0.25) is 14.5 Å². The Balaban J connectivity index is 1.18. The number of amides is 2. The predicted molar refractivity (Wildman–Crippen MR) is 159 cm³/mol. The number of ether oxygens (including phenoxy) is 1. The molecule has 1 aliphatic carbocycles. The maximum absolute atomic E-state index is 14.0. The van der Waals surface area contributed by atoms with E-state index in [0.29, 0.717) is 41.0 Å². The first-order valence-electron chi connectivity index (χ1n) is 14.5. The molecule has 12 heteroatoms. The number of carbonyl (C=O) groups is 2. The van der Waals surface area contributed by atoms with Crippen molar-refractivity contribution in [2.75, 3.05) is 23.7 Å². The fourth-order valence-corrected chi connectivity index (χ4v) is 5.41. The Morgan fingerprint density at radius 2 is 1.84 bits per heavy atom. The zero-order valence-electron chi connectivity index (χ0n) is 23.7. The number of rotatable bonds is 8. The molecule has 0 spiro atoms. The molecule has 0 radical (unpaired) electrons. The molecule has 2 heterocycles. The summed E-state index contributed by atoms with van der Waals surface area (Å²) < 4.78 is 48.0. The van der Waals surface area contributed by atoms with Crippen LogP contribution >= 0.6 is 0 Å². The lowest BCUT2D eigenvalue weighted by molar-refractivity contribution is -0.138. The molecule has 1 aliphatic heterocycles. The molecule has 9 nitrogen and oxygen atoms in total. The normalized spacial score (nSPS) is 17.3. The second-order valence-corrected chi connectivity index (χ2v) is 11.3. The van der Waals surface area contributed by atoms with Gasteiger partial charge in [-0.05, 0) is 85.0 Å². The molecule has 3 aromatic carbocycles. The highest BCUT2D eigenvalue weighted by Gasteiger charge is 2.34. The zero-order chi connectivity index (χ0) is 30.8. The van der Waals surface area contributed by atoms with Gasteiger partial charge in [0.05, 0.1) is 5.56 Å². The fourth-order valence-electron chi connectivity index (χ4n) is 5.41. The van der Waals surface area contributed by atoms with Gasteiger partial charge in [0.25, 0.3) is 5.91 Å². The molecule has 2 fully saturated rings. The molecule has 2 aliphatic rings. The lowest BCUT2D eigenvalue weighted by atomic mass is 10.0. The van der Waals surface area contributed by atoms with Crippen molar-refractivity contribution < 1.29 is 27.5 Å². The summed E-state index contributed by atoms with van der Waals surface area (Å²) in [6.45, 7) is 1.37. The third kappa shape index (κ3) is 6.98. The number of fused-ring (bicyclic) bond motifs is 1. The molecular formula is C32H31F3N6O3. The van der Waals surface area contributed by atoms with Crippen molar-refractivity contribution in [2.45, 2.75) is 44.4 Å². The Kier molecular flexibility index (Phi) is 8.19. The number of likely N-dealkylation sites (tertiary alicyclic amines) is 1. The average Bonchev–Trinajstić information content (AvgIpc) is 3.83. The quantitative estimate of drug-likeness (QED) is 0.227. The maximum Gasteiger partial charge on any atom is 0.416 e. The van der Waals surface area contributed by atoms with Gasteiger partial charge in [0, 0.05) is 42.4 Å². The van der Waals surface area contributed by atoms with E-state index in [1.165, 1.54) is 24.5 Å². The van der Waals surface area contributed by atoms with Crippen molar-refractivity contribution >= 4 is 34.1 Å². The molecule has 4 aromatic rings. The first kappa shape index (κ1) is 29.5. The summed E-state index contributed by atoms with van der Waals surface area (Å²) in [6.07, 6.45) is 0.148. The summed E-state index contributed by atoms with van der Waals surface area (Å²) in [5, 5.41) is 6.65. The van der Waals surface area contributed by atoms with Crippen LogP contribution in [-0.2, 0) is 17.5 Å². The highest BCUT2D eigenvalue weighted by molar-refractivity contribution is 6.13. The average molecular weight is 605 g/mol. The molecule has 1 saturated heterocycles. The standard InChI is InChI=1S/C32H31F3N6O3/c33-32(34,35)27-14-23(9-8-21(27)16-41-12-2-4-22(36)17-41)39-31(43)26-5-1-3-20-13-24(10-11-25(20)26)44-29-15-28(37-18-38-29)40-30(42)19-6-7-19/h1,3,5,8-11,13-15,18-19,22H,2,4,6-7,12,16-17,36H2,(H,39,43)(H,37,38,40,42). The highest BCUT2D eigenvalue weighted by atomic mass is 19.4. The van der Waals surface area contributed by atoms with E-state index in [9.17, 15) is 22.8 Å². The van der Waals surface area contributed by atoms with Gasteiger partial charge < -0.3 is 21.1 Å². The maximum atomic E-state index is 14.0. The number of carbonyl (C=O) groups excluding carboxylic acids is 2. The number of nitrogens with zero attached hydrogens (tertiary/aromatic N) is 3. The van der Waals surface area contributed by atoms with Crippen LogP contribution in [0.15, 0.2) is 67.0 Å². The Labute approximate surface area is 251 Å². The van der Waals surface area contributed by atoms with Gasteiger partial charge in [-0.1, -0.05) is 18.2 Å². The first-order valence-corrected chi connectivity index (χ1v) is 14.5. The third-order valence-corrected chi connectivity index (χ3v) is 7.77. The number of hydrogen-bond donors (Lipinski definition) is 3. The Bertz CT molecular complexity index is 1710. The van der Waals surface area contributed by atoms with Crippen LogP contribution in [-0.4, -0.2) is 45.8 Å². The smallest absolute Gasteiger partial charge is 0.416 e. The minimum atomic E-state index is -4.59. The molecule has 228 valence electrons. The minimum absolute atomic E-state index is 0.0247. The van der Waals surface area contributed by atoms with Crippen molar-refractivity contribution in [1.82, 2.24) is 14.9 Å². The van der Waals surface area contributed by atoms with Gasteiger partial charge in [0.1, 0.15) is 17.9 Å². The largest absolute Gasteiger partial charge is 0.439 e. The van der Waals surface area contributed by atoms with Crippen LogP contribution in [0.5, 0.6) is 11.6 Å². The number of halogens is 3. The van der Waals surface area contributed by atoms with E-state index in [0.717, 1.165) is 31.7 Å². The van der Waals surface area contributed by atoms with Gasteiger partial charge in [0.2, 0.25) is 11.8 Å². The van der Waals surface area contributed by atoms with E-state index in [2.05, 4.69) is 20.6 Å². The van der Waals surface area contributed by atoms with Crippen LogP contribution in [0, 0.1) is 5.92 Å². The molecule has 4 N–H and O–H groups in total. The summed E-state index contributed by atoms with van der Waals surface area (Å²) >= 11 is 0. The van der Waals surface area contributed by atoms with Gasteiger partial charge >= 0.3 is 6.18 Å². The Morgan fingerprint density at radius 1 is 1.00 bits per heavy atom. The number of anilines is 2. The second kappa shape index (κ2) is 12.2. The predicted octanol–water partition coefficient (Wildman–Crippen LogP) is 5.96. The summed E-state index contributed by atoms with van der Waals surface area (Å²) in [6, 6.07) is 15.5. The number of nitrogens with one attached hydrogen (secondary N) is 2. The number of benzene rings is 3. The van der Waals surface area contributed by atoms with E-state index < -0.39 is 17.6 Å². The summed E-state index contributed by atoms with van der Waals surface area (Å²) in [4.78, 5) is 35.4. The van der Waals surface area contributed by atoms with Crippen molar-refractivity contribution in [3.05, 3.63) is 83.7 Å². The number of nitrogens with two attached hydrogens (primary N) is 1. The van der Waals surface area contributed by atoms with Crippen LogP contribution in [0.3, 0.4) is 0 Å². The van der Waals surface area contributed by atoms with Crippen molar-refractivity contribution in [2.24, 2.45) is 11.7 Å². The van der Waals surface area contributed by atoms with Gasteiger partial charge in [-0.2, -0.15) is 13.2 Å². The lowest BCUT2D eigenvalue weighted by Crippen LogP contribution is -2.42. The van der Waals surface area contributed by atoms with Crippen LogP contribution in [0.2, 0.25) is 0 Å². The molecule has 6 rings (SSSR count).